The Bertz CT molecular complexity index is 1390. The van der Waals surface area contributed by atoms with E-state index in [1.54, 1.807) is 24.1 Å². The number of carbonyl (C=O) groups excluding carboxylic acids is 3. The Balaban J connectivity index is 1.57. The first-order valence-corrected chi connectivity index (χ1v) is 12.1. The Hall–Kier alpha value is -4.41. The first-order chi connectivity index (χ1) is 18.2. The molecule has 3 aliphatic heterocycles. The van der Waals surface area contributed by atoms with Gasteiger partial charge in [0.05, 0.1) is 32.8 Å². The monoisotopic (exact) mass is 522 g/mol. The molecule has 1 fully saturated rings. The minimum Gasteiger partial charge on any atom is -0.502 e. The number of phenols is 1. The van der Waals surface area contributed by atoms with Crippen LogP contribution in [0.2, 0.25) is 0 Å². The van der Waals surface area contributed by atoms with Crippen LogP contribution in [0.5, 0.6) is 28.7 Å². The number of hydrogen-bond acceptors (Lipinski definition) is 10. The Labute approximate surface area is 218 Å². The van der Waals surface area contributed by atoms with Crippen LogP contribution in [0.15, 0.2) is 36.0 Å². The van der Waals surface area contributed by atoms with Crippen LogP contribution in [-0.2, 0) is 19.1 Å². The van der Waals surface area contributed by atoms with Crippen LogP contribution in [0.25, 0.3) is 0 Å². The third-order valence-electron chi connectivity index (χ3n) is 7.92. The van der Waals surface area contributed by atoms with Crippen LogP contribution in [0.4, 0.5) is 0 Å². The molecule has 2 aromatic carbocycles. The lowest BCUT2D eigenvalue weighted by Crippen LogP contribution is -2.42. The van der Waals surface area contributed by atoms with E-state index in [0.717, 1.165) is 16.0 Å². The molecule has 1 saturated heterocycles. The fourth-order valence-corrected chi connectivity index (χ4v) is 6.07. The van der Waals surface area contributed by atoms with Crippen molar-refractivity contribution in [3.8, 4) is 28.7 Å². The van der Waals surface area contributed by atoms with Gasteiger partial charge < -0.3 is 33.7 Å². The van der Waals surface area contributed by atoms with Gasteiger partial charge in [-0.05, 0) is 41.0 Å². The molecule has 0 spiro atoms. The summed E-state index contributed by atoms with van der Waals surface area (Å²) in [5, 5.41) is 10.5. The Kier molecular flexibility index (Phi) is 5.41. The fourth-order valence-electron chi connectivity index (χ4n) is 6.07. The lowest BCUT2D eigenvalue weighted by molar-refractivity contribution is -0.141. The molecular formula is C27H26N2O9. The molecule has 11 nitrogen and oxygen atoms in total. The van der Waals surface area contributed by atoms with E-state index in [4.69, 9.17) is 23.7 Å². The highest BCUT2D eigenvalue weighted by atomic mass is 16.7. The van der Waals surface area contributed by atoms with Crippen LogP contribution in [-0.4, -0.2) is 74.4 Å². The number of ether oxygens (including phenoxy) is 5. The van der Waals surface area contributed by atoms with Crippen LogP contribution >= 0.6 is 0 Å². The normalized spacial score (nSPS) is 25.1. The molecule has 38 heavy (non-hydrogen) atoms. The quantitative estimate of drug-likeness (QED) is 0.460. The molecule has 11 heteroatoms. The summed E-state index contributed by atoms with van der Waals surface area (Å²) in [6.07, 6.45) is 1.31. The summed E-state index contributed by atoms with van der Waals surface area (Å²) in [5.41, 5.74) is 2.49. The summed E-state index contributed by atoms with van der Waals surface area (Å²) < 4.78 is 27.8. The van der Waals surface area contributed by atoms with Crippen molar-refractivity contribution in [3.05, 3.63) is 52.7 Å². The number of imide groups is 1. The standard InChI is InChI=1S/C27H26N2O9/c1-28(16-9-21(30)29(2)26(16)32)24-14-8-18-17(37-11-38-18)7-13(14)22(23-15(24)10-36-27(23)33)12-5-19(34-3)25(31)20(6-12)35-4/h5-9,15,22-24,31H,10-11H2,1-4H3/t15-,22+,23-,24+/m0/s1. The minimum atomic E-state index is -0.639. The van der Waals surface area contributed by atoms with Gasteiger partial charge in [-0.15, -0.1) is 0 Å². The lowest BCUT2D eigenvalue weighted by Gasteiger charge is -2.43. The van der Waals surface area contributed by atoms with Gasteiger partial charge in [-0.3, -0.25) is 19.3 Å². The number of likely N-dealkylation sites (N-methyl/N-ethyl adjacent to an activating group) is 2. The van der Waals surface area contributed by atoms with Gasteiger partial charge in [0.2, 0.25) is 12.5 Å². The van der Waals surface area contributed by atoms with E-state index in [1.165, 1.54) is 27.3 Å². The maximum absolute atomic E-state index is 13.3. The second-order valence-corrected chi connectivity index (χ2v) is 9.69. The minimum absolute atomic E-state index is 0.0576. The highest BCUT2D eigenvalue weighted by Gasteiger charge is 2.54. The number of carbonyl (C=O) groups is 3. The van der Waals surface area contributed by atoms with E-state index in [9.17, 15) is 19.5 Å². The van der Waals surface area contributed by atoms with E-state index in [1.807, 2.05) is 12.1 Å². The van der Waals surface area contributed by atoms with Crippen molar-refractivity contribution < 1.29 is 43.2 Å². The van der Waals surface area contributed by atoms with E-state index in [0.29, 0.717) is 17.1 Å². The van der Waals surface area contributed by atoms with Crippen molar-refractivity contribution in [2.75, 3.05) is 41.7 Å². The number of esters is 1. The molecule has 1 N–H and O–H groups in total. The number of amides is 2. The molecule has 4 aliphatic rings. The van der Waals surface area contributed by atoms with Gasteiger partial charge in [0.15, 0.2) is 23.0 Å². The van der Waals surface area contributed by atoms with E-state index in [2.05, 4.69) is 0 Å². The summed E-state index contributed by atoms with van der Waals surface area (Å²) >= 11 is 0. The Morgan fingerprint density at radius 3 is 2.18 bits per heavy atom. The molecule has 0 saturated carbocycles. The molecule has 2 amide bonds. The molecule has 2 aromatic rings. The average Bonchev–Trinajstić information content (AvgIpc) is 3.60. The van der Waals surface area contributed by atoms with Gasteiger partial charge in [0.25, 0.3) is 11.8 Å². The molecule has 198 valence electrons. The highest BCUT2D eigenvalue weighted by Crippen LogP contribution is 2.57. The zero-order valence-electron chi connectivity index (χ0n) is 21.2. The Morgan fingerprint density at radius 2 is 1.61 bits per heavy atom. The van der Waals surface area contributed by atoms with Crippen molar-refractivity contribution >= 4 is 17.8 Å². The first kappa shape index (κ1) is 24.0. The number of hydrogen-bond donors (Lipinski definition) is 1. The third kappa shape index (κ3) is 3.30. The largest absolute Gasteiger partial charge is 0.502 e. The van der Waals surface area contributed by atoms with Gasteiger partial charge in [-0.2, -0.15) is 0 Å². The molecule has 1 aliphatic carbocycles. The number of methoxy groups -OCH3 is 2. The zero-order chi connectivity index (χ0) is 26.9. The number of rotatable bonds is 5. The van der Waals surface area contributed by atoms with Gasteiger partial charge >= 0.3 is 5.97 Å². The van der Waals surface area contributed by atoms with Crippen LogP contribution in [0.1, 0.15) is 28.7 Å². The van der Waals surface area contributed by atoms with Crippen molar-refractivity contribution in [3.63, 3.8) is 0 Å². The number of nitrogens with zero attached hydrogens (tertiary/aromatic N) is 2. The second kappa shape index (κ2) is 8.57. The number of fused-ring (bicyclic) bond motifs is 3. The van der Waals surface area contributed by atoms with Gasteiger partial charge in [-0.25, -0.2) is 0 Å². The average molecular weight is 523 g/mol. The summed E-state index contributed by atoms with van der Waals surface area (Å²) in [6, 6.07) is 6.59. The number of cyclic esters (lactones) is 1. The maximum atomic E-state index is 13.3. The molecule has 4 atom stereocenters. The van der Waals surface area contributed by atoms with Gasteiger partial charge in [0, 0.05) is 32.0 Å². The first-order valence-electron chi connectivity index (χ1n) is 12.1. The van der Waals surface area contributed by atoms with E-state index in [-0.39, 0.29) is 48.2 Å². The smallest absolute Gasteiger partial charge is 0.310 e. The van der Waals surface area contributed by atoms with Crippen molar-refractivity contribution in [1.82, 2.24) is 9.80 Å². The van der Waals surface area contributed by atoms with Crippen molar-refractivity contribution in [2.45, 2.75) is 12.0 Å². The Morgan fingerprint density at radius 1 is 0.974 bits per heavy atom. The SMILES string of the molecule is COc1cc([C@@H]2c3cc4c(cc3[C@@H](N(C)C3=CC(=O)N(C)C3=O)[C@H]3COC(=O)[C@H]23)OCO4)cc(OC)c1O. The predicted octanol–water partition coefficient (Wildman–Crippen LogP) is 1.93. The zero-order valence-corrected chi connectivity index (χ0v) is 21.2. The van der Waals surface area contributed by atoms with Gasteiger partial charge in [0.1, 0.15) is 5.70 Å². The predicted molar refractivity (Wildman–Crippen MR) is 130 cm³/mol. The summed E-state index contributed by atoms with van der Waals surface area (Å²) in [6.45, 7) is 0.183. The van der Waals surface area contributed by atoms with Crippen LogP contribution in [0.3, 0.4) is 0 Å². The highest BCUT2D eigenvalue weighted by molar-refractivity contribution is 6.15. The van der Waals surface area contributed by atoms with Crippen molar-refractivity contribution in [1.29, 1.82) is 0 Å². The summed E-state index contributed by atoms with van der Waals surface area (Å²) in [5.74, 6) is -1.40. The molecule has 3 heterocycles. The maximum Gasteiger partial charge on any atom is 0.310 e. The molecular weight excluding hydrogens is 496 g/mol. The topological polar surface area (TPSA) is 124 Å². The van der Waals surface area contributed by atoms with Crippen LogP contribution in [0, 0.1) is 11.8 Å². The van der Waals surface area contributed by atoms with Crippen molar-refractivity contribution in [2.24, 2.45) is 11.8 Å². The molecule has 0 unspecified atom stereocenters. The number of benzene rings is 2. The van der Waals surface area contributed by atoms with Gasteiger partial charge in [-0.1, -0.05) is 0 Å². The summed E-state index contributed by atoms with van der Waals surface area (Å²) in [7, 11) is 6.05. The van der Waals surface area contributed by atoms with E-state index < -0.39 is 29.7 Å². The molecule has 0 radical (unpaired) electrons. The lowest BCUT2D eigenvalue weighted by atomic mass is 9.65. The van der Waals surface area contributed by atoms with E-state index >= 15 is 0 Å². The third-order valence-corrected chi connectivity index (χ3v) is 7.92. The number of aromatic hydroxyl groups is 1. The molecule has 0 aromatic heterocycles. The summed E-state index contributed by atoms with van der Waals surface area (Å²) in [4.78, 5) is 41.3. The molecule has 6 rings (SSSR count). The fraction of sp³-hybridized carbons (Fsp3) is 0.370. The second-order valence-electron chi connectivity index (χ2n) is 9.69. The molecule has 0 bridgehead atoms. The van der Waals surface area contributed by atoms with Crippen LogP contribution < -0.4 is 18.9 Å². The number of phenolic OH excluding ortho intramolecular Hbond substituents is 1.